The van der Waals surface area contributed by atoms with Crippen molar-refractivity contribution in [1.82, 2.24) is 4.98 Å². The van der Waals surface area contributed by atoms with Gasteiger partial charge < -0.3 is 14.8 Å². The Morgan fingerprint density at radius 3 is 2.67 bits per heavy atom. The second kappa shape index (κ2) is 9.39. The van der Waals surface area contributed by atoms with E-state index < -0.39 is 0 Å². The SMILES string of the molecule is COc1ccccc1OCCC(=O)Nc1ncc(Cc2ccccc2Cl)s1. The quantitative estimate of drug-likeness (QED) is 0.587. The van der Waals surface area contributed by atoms with Gasteiger partial charge in [-0.3, -0.25) is 4.79 Å². The maximum Gasteiger partial charge on any atom is 0.229 e. The Kier molecular flexibility index (Phi) is 6.68. The summed E-state index contributed by atoms with van der Waals surface area (Å²) in [5.41, 5.74) is 1.03. The molecule has 0 atom stereocenters. The number of carbonyl (C=O) groups excluding carboxylic acids is 1. The van der Waals surface area contributed by atoms with Gasteiger partial charge in [0.25, 0.3) is 0 Å². The van der Waals surface area contributed by atoms with Crippen molar-refractivity contribution in [2.75, 3.05) is 19.0 Å². The molecule has 3 aromatic rings. The zero-order valence-electron chi connectivity index (χ0n) is 14.8. The molecule has 0 aliphatic carbocycles. The molecule has 140 valence electrons. The van der Waals surface area contributed by atoms with Crippen molar-refractivity contribution in [2.24, 2.45) is 0 Å². The van der Waals surface area contributed by atoms with Crippen molar-refractivity contribution in [3.05, 3.63) is 70.2 Å². The number of hydrogen-bond donors (Lipinski definition) is 1. The molecule has 27 heavy (non-hydrogen) atoms. The van der Waals surface area contributed by atoms with E-state index in [0.717, 1.165) is 15.5 Å². The Morgan fingerprint density at radius 2 is 1.89 bits per heavy atom. The molecule has 0 saturated carbocycles. The number of rotatable bonds is 8. The molecule has 1 amide bonds. The van der Waals surface area contributed by atoms with Gasteiger partial charge in [-0.1, -0.05) is 41.9 Å². The smallest absolute Gasteiger partial charge is 0.229 e. The second-order valence-corrected chi connectivity index (χ2v) is 7.22. The summed E-state index contributed by atoms with van der Waals surface area (Å²) in [7, 11) is 1.58. The molecule has 0 spiro atoms. The lowest BCUT2D eigenvalue weighted by Crippen LogP contribution is -2.15. The number of benzene rings is 2. The van der Waals surface area contributed by atoms with Crippen LogP contribution in [0.25, 0.3) is 0 Å². The fraction of sp³-hybridized carbons (Fsp3) is 0.200. The van der Waals surface area contributed by atoms with Crippen LogP contribution in [-0.2, 0) is 11.2 Å². The van der Waals surface area contributed by atoms with Crippen LogP contribution in [0.3, 0.4) is 0 Å². The predicted octanol–water partition coefficient (Wildman–Crippen LogP) is 4.80. The number of ether oxygens (including phenoxy) is 2. The maximum absolute atomic E-state index is 12.1. The van der Waals surface area contributed by atoms with E-state index in [1.54, 1.807) is 19.4 Å². The first-order valence-electron chi connectivity index (χ1n) is 8.39. The van der Waals surface area contributed by atoms with Crippen LogP contribution in [0.5, 0.6) is 11.5 Å². The first-order chi connectivity index (χ1) is 13.2. The van der Waals surface area contributed by atoms with E-state index >= 15 is 0 Å². The summed E-state index contributed by atoms with van der Waals surface area (Å²) >= 11 is 7.62. The molecule has 0 saturated heterocycles. The lowest BCUT2D eigenvalue weighted by Gasteiger charge is -2.09. The number of thiazole rings is 1. The summed E-state index contributed by atoms with van der Waals surface area (Å²) in [5.74, 6) is 1.11. The highest BCUT2D eigenvalue weighted by Gasteiger charge is 2.10. The van der Waals surface area contributed by atoms with Crippen LogP contribution in [0, 0.1) is 0 Å². The monoisotopic (exact) mass is 402 g/mol. The third-order valence-corrected chi connectivity index (χ3v) is 5.06. The van der Waals surface area contributed by atoms with E-state index in [9.17, 15) is 4.79 Å². The molecule has 1 heterocycles. The molecule has 0 unspecified atom stereocenters. The summed E-state index contributed by atoms with van der Waals surface area (Å²) in [6.07, 6.45) is 2.66. The predicted molar refractivity (Wildman–Crippen MR) is 108 cm³/mol. The number of aromatic nitrogens is 1. The number of anilines is 1. The minimum atomic E-state index is -0.149. The second-order valence-electron chi connectivity index (χ2n) is 5.70. The van der Waals surface area contributed by atoms with Gasteiger partial charge in [0.15, 0.2) is 16.6 Å². The van der Waals surface area contributed by atoms with Crippen molar-refractivity contribution in [3.63, 3.8) is 0 Å². The maximum atomic E-state index is 12.1. The Morgan fingerprint density at radius 1 is 1.15 bits per heavy atom. The molecule has 0 aliphatic rings. The van der Waals surface area contributed by atoms with Crippen molar-refractivity contribution in [1.29, 1.82) is 0 Å². The Hall–Kier alpha value is -2.57. The van der Waals surface area contributed by atoms with Gasteiger partial charge >= 0.3 is 0 Å². The fourth-order valence-electron chi connectivity index (χ4n) is 2.45. The van der Waals surface area contributed by atoms with E-state index in [1.165, 1.54) is 11.3 Å². The summed E-state index contributed by atoms with van der Waals surface area (Å²) in [5, 5.41) is 4.10. The third-order valence-electron chi connectivity index (χ3n) is 3.78. The summed E-state index contributed by atoms with van der Waals surface area (Å²) < 4.78 is 10.8. The number of carbonyl (C=O) groups is 1. The van der Waals surface area contributed by atoms with E-state index in [-0.39, 0.29) is 18.9 Å². The first kappa shape index (κ1) is 19.2. The van der Waals surface area contributed by atoms with E-state index in [1.807, 2.05) is 42.5 Å². The molecule has 0 bridgehead atoms. The number of para-hydroxylation sites is 2. The molecular formula is C20H19ClN2O3S. The van der Waals surface area contributed by atoms with E-state index in [4.69, 9.17) is 21.1 Å². The van der Waals surface area contributed by atoms with Crippen molar-refractivity contribution in [2.45, 2.75) is 12.8 Å². The first-order valence-corrected chi connectivity index (χ1v) is 9.59. The third kappa shape index (κ3) is 5.45. The minimum Gasteiger partial charge on any atom is -0.493 e. The summed E-state index contributed by atoms with van der Waals surface area (Å²) in [6.45, 7) is 0.254. The van der Waals surface area contributed by atoms with Crippen LogP contribution in [0.2, 0.25) is 5.02 Å². The molecule has 2 aromatic carbocycles. The van der Waals surface area contributed by atoms with E-state index in [0.29, 0.717) is 23.1 Å². The van der Waals surface area contributed by atoms with Crippen LogP contribution >= 0.6 is 22.9 Å². The van der Waals surface area contributed by atoms with Gasteiger partial charge in [-0.15, -0.1) is 11.3 Å². The van der Waals surface area contributed by atoms with Gasteiger partial charge in [-0.05, 0) is 23.8 Å². The number of amides is 1. The normalized spacial score (nSPS) is 10.4. The Labute approximate surface area is 166 Å². The van der Waals surface area contributed by atoms with Gasteiger partial charge in [0.2, 0.25) is 5.91 Å². The van der Waals surface area contributed by atoms with Gasteiger partial charge in [0.05, 0.1) is 20.1 Å². The van der Waals surface area contributed by atoms with Crippen molar-refractivity contribution >= 4 is 34.0 Å². The highest BCUT2D eigenvalue weighted by molar-refractivity contribution is 7.15. The lowest BCUT2D eigenvalue weighted by molar-refractivity contribution is -0.116. The average Bonchev–Trinajstić information content (AvgIpc) is 3.11. The number of hydrogen-bond acceptors (Lipinski definition) is 5. The molecule has 7 heteroatoms. The van der Waals surface area contributed by atoms with Gasteiger partial charge in [0.1, 0.15) is 0 Å². The minimum absolute atomic E-state index is 0.149. The van der Waals surface area contributed by atoms with Crippen LogP contribution in [0.1, 0.15) is 16.9 Å². The lowest BCUT2D eigenvalue weighted by atomic mass is 10.1. The molecule has 1 aromatic heterocycles. The van der Waals surface area contributed by atoms with Crippen molar-refractivity contribution in [3.8, 4) is 11.5 Å². The van der Waals surface area contributed by atoms with Gasteiger partial charge in [0, 0.05) is 22.5 Å². The zero-order chi connectivity index (χ0) is 19.1. The zero-order valence-corrected chi connectivity index (χ0v) is 16.3. The number of nitrogens with zero attached hydrogens (tertiary/aromatic N) is 1. The average molecular weight is 403 g/mol. The molecule has 0 fully saturated rings. The Bertz CT molecular complexity index is 914. The van der Waals surface area contributed by atoms with Crippen LogP contribution in [0.4, 0.5) is 5.13 Å². The number of methoxy groups -OCH3 is 1. The van der Waals surface area contributed by atoms with E-state index in [2.05, 4.69) is 10.3 Å². The summed E-state index contributed by atoms with van der Waals surface area (Å²) in [6, 6.07) is 15.0. The number of nitrogens with one attached hydrogen (secondary N) is 1. The van der Waals surface area contributed by atoms with Crippen molar-refractivity contribution < 1.29 is 14.3 Å². The molecule has 3 rings (SSSR count). The van der Waals surface area contributed by atoms with Gasteiger partial charge in [-0.25, -0.2) is 4.98 Å². The van der Waals surface area contributed by atoms with Crippen LogP contribution < -0.4 is 14.8 Å². The molecular weight excluding hydrogens is 384 g/mol. The Balaban J connectivity index is 1.48. The summed E-state index contributed by atoms with van der Waals surface area (Å²) in [4.78, 5) is 17.4. The van der Waals surface area contributed by atoms with Crippen LogP contribution in [0.15, 0.2) is 54.7 Å². The fourth-order valence-corrected chi connectivity index (χ4v) is 3.50. The van der Waals surface area contributed by atoms with Gasteiger partial charge in [-0.2, -0.15) is 0 Å². The molecule has 5 nitrogen and oxygen atoms in total. The molecule has 1 N–H and O–H groups in total. The van der Waals surface area contributed by atoms with Crippen LogP contribution in [-0.4, -0.2) is 24.6 Å². The highest BCUT2D eigenvalue weighted by Crippen LogP contribution is 2.26. The standard InChI is InChI=1S/C20H19ClN2O3S/c1-25-17-8-4-5-9-18(17)26-11-10-19(24)23-20-22-13-15(27-20)12-14-6-2-3-7-16(14)21/h2-9,13H,10-12H2,1H3,(H,22,23,24). The molecule has 0 aliphatic heterocycles. The highest BCUT2D eigenvalue weighted by atomic mass is 35.5. The largest absolute Gasteiger partial charge is 0.493 e. The molecule has 0 radical (unpaired) electrons. The topological polar surface area (TPSA) is 60.5 Å². The number of halogens is 1.